The van der Waals surface area contributed by atoms with E-state index in [1.54, 1.807) is 0 Å². The normalized spacial score (nSPS) is 28.9. The third kappa shape index (κ3) is 4.53. The van der Waals surface area contributed by atoms with Gasteiger partial charge in [-0.15, -0.1) is 0 Å². The summed E-state index contributed by atoms with van der Waals surface area (Å²) in [4.78, 5) is 42.8. The molecular weight excluding hydrogens is 470 g/mol. The number of benzene rings is 2. The molecule has 0 saturated carbocycles. The molecule has 196 valence electrons. The summed E-state index contributed by atoms with van der Waals surface area (Å²) in [5, 5.41) is 16.4. The molecule has 6 atom stereocenters. The molecule has 8 heteroatoms. The number of ether oxygens (including phenoxy) is 1. The Morgan fingerprint density at radius 2 is 1.70 bits per heavy atom. The number of likely N-dealkylation sites (tertiary alicyclic amines) is 1. The van der Waals surface area contributed by atoms with Crippen molar-refractivity contribution in [3.63, 3.8) is 0 Å². The van der Waals surface area contributed by atoms with Gasteiger partial charge in [-0.3, -0.25) is 14.4 Å². The second-order valence-electron chi connectivity index (χ2n) is 10.7. The molecule has 3 N–H and O–H groups in total. The van der Waals surface area contributed by atoms with Crippen LogP contribution >= 0.6 is 0 Å². The number of carbonyl (C=O) groups excluding carboxylic acids is 3. The van der Waals surface area contributed by atoms with E-state index in [0.29, 0.717) is 25.8 Å². The first-order valence-electron chi connectivity index (χ1n) is 13.1. The van der Waals surface area contributed by atoms with Crippen LogP contribution in [-0.2, 0) is 32.1 Å². The molecule has 3 aliphatic heterocycles. The summed E-state index contributed by atoms with van der Waals surface area (Å²) < 4.78 is 6.46. The van der Waals surface area contributed by atoms with E-state index in [9.17, 15) is 19.5 Å². The summed E-state index contributed by atoms with van der Waals surface area (Å²) in [6, 6.07) is 17.5. The lowest BCUT2D eigenvalue weighted by atomic mass is 9.70. The Labute approximate surface area is 217 Å². The van der Waals surface area contributed by atoms with Crippen LogP contribution in [0.2, 0.25) is 0 Å². The van der Waals surface area contributed by atoms with Crippen LogP contribution in [0.25, 0.3) is 0 Å². The molecule has 37 heavy (non-hydrogen) atoms. The number of nitrogens with one attached hydrogen (secondary N) is 2. The number of rotatable bonds is 9. The highest BCUT2D eigenvalue weighted by Crippen LogP contribution is 2.58. The second-order valence-corrected chi connectivity index (χ2v) is 10.7. The van der Waals surface area contributed by atoms with Crippen LogP contribution in [-0.4, -0.2) is 64.2 Å². The van der Waals surface area contributed by atoms with Gasteiger partial charge in [-0.1, -0.05) is 60.7 Å². The molecule has 2 bridgehead atoms. The van der Waals surface area contributed by atoms with Crippen molar-refractivity contribution < 1.29 is 24.2 Å². The zero-order chi connectivity index (χ0) is 26.2. The topological polar surface area (TPSA) is 108 Å². The molecule has 3 fully saturated rings. The first-order chi connectivity index (χ1) is 17.9. The number of aliphatic hydroxyl groups excluding tert-OH is 1. The lowest BCUT2D eigenvalue weighted by molar-refractivity contribution is -0.145. The molecule has 2 aromatic rings. The molecule has 8 nitrogen and oxygen atoms in total. The Balaban J connectivity index is 1.46. The van der Waals surface area contributed by atoms with E-state index in [1.807, 2.05) is 74.5 Å². The second kappa shape index (κ2) is 10.3. The standard InChI is InChI=1S/C29H35N3O5/c1-18(2)31-27(35)25-29-14-13-22(37-29)23(26(34)30-16-20-11-7-4-8-12-20)24(29)28(36)32(25)21(17-33)15-19-9-5-3-6-10-19/h3-12,18,21-25,33H,13-17H2,1-2H3,(H,30,34)(H,31,35)/t21-,22+,23-,24+,25?,29?/m1/s1. The van der Waals surface area contributed by atoms with Crippen molar-refractivity contribution in [2.24, 2.45) is 11.8 Å². The van der Waals surface area contributed by atoms with Crippen LogP contribution in [0, 0.1) is 11.8 Å². The van der Waals surface area contributed by atoms with E-state index in [4.69, 9.17) is 4.74 Å². The van der Waals surface area contributed by atoms with Crippen LogP contribution in [0.3, 0.4) is 0 Å². The molecular formula is C29H35N3O5. The fourth-order valence-electron chi connectivity index (χ4n) is 6.49. The van der Waals surface area contributed by atoms with Crippen LogP contribution in [0.4, 0.5) is 0 Å². The first kappa shape index (κ1) is 25.4. The van der Waals surface area contributed by atoms with E-state index in [2.05, 4.69) is 10.6 Å². The van der Waals surface area contributed by atoms with E-state index < -0.39 is 35.6 Å². The minimum atomic E-state index is -1.08. The number of hydrogen-bond acceptors (Lipinski definition) is 5. The minimum absolute atomic E-state index is 0.134. The highest BCUT2D eigenvalue weighted by Gasteiger charge is 2.75. The van der Waals surface area contributed by atoms with E-state index in [0.717, 1.165) is 11.1 Å². The summed E-state index contributed by atoms with van der Waals surface area (Å²) in [7, 11) is 0. The van der Waals surface area contributed by atoms with Crippen molar-refractivity contribution in [3.05, 3.63) is 71.8 Å². The molecule has 2 unspecified atom stereocenters. The summed E-state index contributed by atoms with van der Waals surface area (Å²) in [6.45, 7) is 3.79. The number of nitrogens with zero attached hydrogens (tertiary/aromatic N) is 1. The van der Waals surface area contributed by atoms with Gasteiger partial charge in [-0.05, 0) is 44.2 Å². The van der Waals surface area contributed by atoms with Crippen molar-refractivity contribution in [1.29, 1.82) is 0 Å². The molecule has 0 radical (unpaired) electrons. The number of fused-ring (bicyclic) bond motifs is 1. The van der Waals surface area contributed by atoms with Gasteiger partial charge in [-0.2, -0.15) is 0 Å². The molecule has 3 heterocycles. The summed E-state index contributed by atoms with van der Waals surface area (Å²) in [5.74, 6) is -2.28. The van der Waals surface area contributed by atoms with Gasteiger partial charge in [0.15, 0.2) is 0 Å². The average molecular weight is 506 g/mol. The molecule has 3 saturated heterocycles. The Bertz CT molecular complexity index is 1140. The van der Waals surface area contributed by atoms with Gasteiger partial charge in [-0.25, -0.2) is 0 Å². The number of aliphatic hydroxyl groups is 1. The van der Waals surface area contributed by atoms with Gasteiger partial charge >= 0.3 is 0 Å². The van der Waals surface area contributed by atoms with Crippen LogP contribution in [0.1, 0.15) is 37.8 Å². The van der Waals surface area contributed by atoms with Crippen LogP contribution in [0.5, 0.6) is 0 Å². The number of hydrogen-bond donors (Lipinski definition) is 3. The molecule has 3 aliphatic rings. The maximum absolute atomic E-state index is 14.1. The predicted molar refractivity (Wildman–Crippen MR) is 137 cm³/mol. The van der Waals surface area contributed by atoms with E-state index in [1.165, 1.54) is 4.90 Å². The lowest BCUT2D eigenvalue weighted by Gasteiger charge is -2.37. The van der Waals surface area contributed by atoms with Gasteiger partial charge in [0, 0.05) is 12.6 Å². The van der Waals surface area contributed by atoms with Crippen molar-refractivity contribution in [2.75, 3.05) is 6.61 Å². The maximum atomic E-state index is 14.1. The summed E-state index contributed by atoms with van der Waals surface area (Å²) in [5.41, 5.74) is 0.834. The average Bonchev–Trinajstić information content (AvgIpc) is 3.54. The Morgan fingerprint density at radius 3 is 2.32 bits per heavy atom. The Hall–Kier alpha value is -3.23. The van der Waals surface area contributed by atoms with Crippen molar-refractivity contribution in [3.8, 4) is 0 Å². The third-order valence-corrected chi connectivity index (χ3v) is 7.95. The molecule has 3 amide bonds. The van der Waals surface area contributed by atoms with E-state index in [-0.39, 0.29) is 30.4 Å². The zero-order valence-electron chi connectivity index (χ0n) is 21.3. The van der Waals surface area contributed by atoms with Crippen molar-refractivity contribution >= 4 is 17.7 Å². The fraction of sp³-hybridized carbons (Fsp3) is 0.483. The molecule has 1 spiro atoms. The molecule has 2 aromatic carbocycles. The van der Waals surface area contributed by atoms with Crippen molar-refractivity contribution in [2.45, 2.75) is 69.5 Å². The monoisotopic (exact) mass is 505 g/mol. The van der Waals surface area contributed by atoms with E-state index >= 15 is 0 Å². The highest BCUT2D eigenvalue weighted by atomic mass is 16.5. The fourth-order valence-corrected chi connectivity index (χ4v) is 6.49. The van der Waals surface area contributed by atoms with Crippen LogP contribution < -0.4 is 10.6 Å². The number of amides is 3. The lowest BCUT2D eigenvalue weighted by Crippen LogP contribution is -2.59. The van der Waals surface area contributed by atoms with Gasteiger partial charge < -0.3 is 25.4 Å². The quantitative estimate of drug-likeness (QED) is 0.482. The largest absolute Gasteiger partial charge is 0.394 e. The molecule has 0 aromatic heterocycles. The van der Waals surface area contributed by atoms with Gasteiger partial charge in [0.05, 0.1) is 30.6 Å². The predicted octanol–water partition coefficient (Wildman–Crippen LogP) is 1.81. The Kier molecular flexibility index (Phi) is 7.05. The van der Waals surface area contributed by atoms with Crippen LogP contribution in [0.15, 0.2) is 60.7 Å². The molecule has 5 rings (SSSR count). The maximum Gasteiger partial charge on any atom is 0.246 e. The summed E-state index contributed by atoms with van der Waals surface area (Å²) >= 11 is 0. The smallest absolute Gasteiger partial charge is 0.246 e. The van der Waals surface area contributed by atoms with Gasteiger partial charge in [0.1, 0.15) is 11.6 Å². The number of carbonyl (C=O) groups is 3. The first-order valence-corrected chi connectivity index (χ1v) is 13.1. The highest BCUT2D eigenvalue weighted by molar-refractivity contribution is 5.99. The molecule has 0 aliphatic carbocycles. The minimum Gasteiger partial charge on any atom is -0.394 e. The van der Waals surface area contributed by atoms with Gasteiger partial charge in [0.2, 0.25) is 17.7 Å². The summed E-state index contributed by atoms with van der Waals surface area (Å²) in [6.07, 6.45) is 1.11. The Morgan fingerprint density at radius 1 is 1.05 bits per heavy atom. The SMILES string of the molecule is CC(C)NC(=O)C1N([C@@H](CO)Cc2ccccc2)C(=O)[C@@H]2[C@H](C(=O)NCc3ccccc3)[C@@H]3CCC12O3. The zero-order valence-corrected chi connectivity index (χ0v) is 21.3. The third-order valence-electron chi connectivity index (χ3n) is 7.95. The van der Waals surface area contributed by atoms with Gasteiger partial charge in [0.25, 0.3) is 0 Å². The van der Waals surface area contributed by atoms with Crippen molar-refractivity contribution in [1.82, 2.24) is 15.5 Å².